The van der Waals surface area contributed by atoms with Crippen molar-refractivity contribution < 1.29 is 36.4 Å². The molecule has 178 valence electrons. The SMILES string of the molecule is COC(=O)CN1C(=O)[C@@H](OCOCc2ccccc2)C[C@H]1COS(=O)(=O)c1ccc(C)cc1. The summed E-state index contributed by atoms with van der Waals surface area (Å²) in [7, 11) is -2.82. The first kappa shape index (κ1) is 24.8. The van der Waals surface area contributed by atoms with Crippen molar-refractivity contribution in [2.45, 2.75) is 37.0 Å². The van der Waals surface area contributed by atoms with Gasteiger partial charge in [-0.25, -0.2) is 0 Å². The number of hydrogen-bond donors (Lipinski definition) is 0. The Kier molecular flexibility index (Phi) is 8.56. The Hall–Kier alpha value is -2.79. The second kappa shape index (κ2) is 11.4. The van der Waals surface area contributed by atoms with E-state index in [1.54, 1.807) is 12.1 Å². The molecule has 0 unspecified atom stereocenters. The van der Waals surface area contributed by atoms with Crippen LogP contribution in [0.2, 0.25) is 0 Å². The lowest BCUT2D eigenvalue weighted by atomic mass is 10.2. The molecule has 2 atom stereocenters. The number of likely N-dealkylation sites (tertiary alicyclic amines) is 1. The number of amides is 1. The molecular weight excluding hydrogens is 450 g/mol. The van der Waals surface area contributed by atoms with E-state index in [-0.39, 0.29) is 31.3 Å². The predicted octanol–water partition coefficient (Wildman–Crippen LogP) is 2.03. The molecule has 2 aromatic carbocycles. The van der Waals surface area contributed by atoms with Crippen molar-refractivity contribution in [1.82, 2.24) is 4.90 Å². The van der Waals surface area contributed by atoms with E-state index in [9.17, 15) is 18.0 Å². The minimum Gasteiger partial charge on any atom is -0.468 e. The molecule has 0 bridgehead atoms. The van der Waals surface area contributed by atoms with Crippen molar-refractivity contribution in [2.24, 2.45) is 0 Å². The maximum atomic E-state index is 12.8. The number of methoxy groups -OCH3 is 1. The first-order chi connectivity index (χ1) is 15.8. The van der Waals surface area contributed by atoms with Crippen molar-refractivity contribution >= 4 is 22.0 Å². The number of ether oxygens (including phenoxy) is 3. The van der Waals surface area contributed by atoms with E-state index >= 15 is 0 Å². The van der Waals surface area contributed by atoms with Gasteiger partial charge in [-0.05, 0) is 24.6 Å². The molecule has 0 aromatic heterocycles. The zero-order chi connectivity index (χ0) is 23.8. The summed E-state index contributed by atoms with van der Waals surface area (Å²) in [5.41, 5.74) is 1.87. The molecule has 10 heteroatoms. The van der Waals surface area contributed by atoms with Gasteiger partial charge in [0, 0.05) is 6.42 Å². The first-order valence-corrected chi connectivity index (χ1v) is 11.8. The van der Waals surface area contributed by atoms with Gasteiger partial charge in [0.15, 0.2) is 0 Å². The zero-order valence-electron chi connectivity index (χ0n) is 18.5. The highest BCUT2D eigenvalue weighted by Crippen LogP contribution is 2.24. The Labute approximate surface area is 193 Å². The number of nitrogens with zero attached hydrogens (tertiary/aromatic N) is 1. The van der Waals surface area contributed by atoms with E-state index in [1.807, 2.05) is 37.3 Å². The van der Waals surface area contributed by atoms with Gasteiger partial charge in [0.25, 0.3) is 16.0 Å². The molecule has 2 aromatic rings. The van der Waals surface area contributed by atoms with Crippen molar-refractivity contribution in [1.29, 1.82) is 0 Å². The highest BCUT2D eigenvalue weighted by molar-refractivity contribution is 7.86. The van der Waals surface area contributed by atoms with Crippen LogP contribution in [0, 0.1) is 6.92 Å². The van der Waals surface area contributed by atoms with Crippen LogP contribution in [-0.2, 0) is 44.7 Å². The van der Waals surface area contributed by atoms with E-state index in [0.717, 1.165) is 11.1 Å². The molecule has 1 amide bonds. The van der Waals surface area contributed by atoms with Crippen molar-refractivity contribution in [3.05, 3.63) is 65.7 Å². The molecule has 0 spiro atoms. The number of carbonyl (C=O) groups excluding carboxylic acids is 2. The molecule has 1 saturated heterocycles. The average molecular weight is 478 g/mol. The molecule has 33 heavy (non-hydrogen) atoms. The van der Waals surface area contributed by atoms with Crippen LogP contribution in [0.4, 0.5) is 0 Å². The van der Waals surface area contributed by atoms with E-state index in [2.05, 4.69) is 4.74 Å². The van der Waals surface area contributed by atoms with Gasteiger partial charge in [0.05, 0.1) is 31.3 Å². The maximum absolute atomic E-state index is 12.8. The van der Waals surface area contributed by atoms with Crippen molar-refractivity contribution in [2.75, 3.05) is 27.1 Å². The minimum absolute atomic E-state index is 0.0130. The summed E-state index contributed by atoms with van der Waals surface area (Å²) in [5.74, 6) is -1.08. The summed E-state index contributed by atoms with van der Waals surface area (Å²) in [6.45, 7) is 1.37. The number of carbonyl (C=O) groups is 2. The van der Waals surface area contributed by atoms with E-state index in [0.29, 0.717) is 6.61 Å². The minimum atomic E-state index is -4.03. The van der Waals surface area contributed by atoms with Crippen LogP contribution in [0.5, 0.6) is 0 Å². The second-order valence-corrected chi connectivity index (χ2v) is 9.21. The Morgan fingerprint density at radius 2 is 1.79 bits per heavy atom. The predicted molar refractivity (Wildman–Crippen MR) is 117 cm³/mol. The fourth-order valence-corrected chi connectivity index (χ4v) is 4.29. The van der Waals surface area contributed by atoms with Crippen molar-refractivity contribution in [3.8, 4) is 0 Å². The lowest BCUT2D eigenvalue weighted by molar-refractivity contribution is -0.153. The summed E-state index contributed by atoms with van der Waals surface area (Å²) in [5, 5.41) is 0. The Morgan fingerprint density at radius 1 is 1.09 bits per heavy atom. The summed E-state index contributed by atoms with van der Waals surface area (Å²) in [6.07, 6.45) is -0.741. The normalized spacial score (nSPS) is 18.5. The Morgan fingerprint density at radius 3 is 2.45 bits per heavy atom. The van der Waals surface area contributed by atoms with Gasteiger partial charge < -0.3 is 19.1 Å². The van der Waals surface area contributed by atoms with Gasteiger partial charge in [0.2, 0.25) is 0 Å². The molecule has 3 rings (SSSR count). The third-order valence-electron chi connectivity index (χ3n) is 5.20. The molecule has 0 N–H and O–H groups in total. The quantitative estimate of drug-likeness (QED) is 0.209. The van der Waals surface area contributed by atoms with E-state index in [1.165, 1.54) is 24.1 Å². The van der Waals surface area contributed by atoms with Crippen LogP contribution in [0.1, 0.15) is 17.5 Å². The smallest absolute Gasteiger partial charge is 0.325 e. The number of benzene rings is 2. The monoisotopic (exact) mass is 477 g/mol. The number of esters is 1. The lowest BCUT2D eigenvalue weighted by Gasteiger charge is -2.22. The fourth-order valence-electron chi connectivity index (χ4n) is 3.35. The summed E-state index contributed by atoms with van der Waals surface area (Å²) >= 11 is 0. The highest BCUT2D eigenvalue weighted by Gasteiger charge is 2.42. The van der Waals surface area contributed by atoms with Gasteiger partial charge >= 0.3 is 5.97 Å². The third-order valence-corrected chi connectivity index (χ3v) is 6.50. The molecular formula is C23H27NO8S. The van der Waals surface area contributed by atoms with E-state index in [4.69, 9.17) is 13.7 Å². The fraction of sp³-hybridized carbons (Fsp3) is 0.391. The van der Waals surface area contributed by atoms with Crippen LogP contribution in [0.15, 0.2) is 59.5 Å². The number of hydrogen-bond acceptors (Lipinski definition) is 8. The molecule has 0 radical (unpaired) electrons. The molecule has 1 fully saturated rings. The highest BCUT2D eigenvalue weighted by atomic mass is 32.2. The van der Waals surface area contributed by atoms with Crippen molar-refractivity contribution in [3.63, 3.8) is 0 Å². The lowest BCUT2D eigenvalue weighted by Crippen LogP contribution is -2.41. The topological polar surface area (TPSA) is 108 Å². The largest absolute Gasteiger partial charge is 0.468 e. The van der Waals surface area contributed by atoms with E-state index < -0.39 is 34.1 Å². The molecule has 9 nitrogen and oxygen atoms in total. The molecule has 1 aliphatic heterocycles. The molecule has 0 saturated carbocycles. The Balaban J connectivity index is 1.60. The zero-order valence-corrected chi connectivity index (χ0v) is 19.3. The van der Waals surface area contributed by atoms with Gasteiger partial charge in [-0.2, -0.15) is 8.42 Å². The Bertz CT molecular complexity index is 1040. The van der Waals surface area contributed by atoms with Crippen LogP contribution in [0.3, 0.4) is 0 Å². The van der Waals surface area contributed by atoms with Gasteiger partial charge in [-0.3, -0.25) is 13.8 Å². The summed E-state index contributed by atoms with van der Waals surface area (Å²) < 4.78 is 46.0. The maximum Gasteiger partial charge on any atom is 0.325 e. The van der Waals surface area contributed by atoms with Gasteiger partial charge in [-0.1, -0.05) is 48.0 Å². The molecule has 0 aliphatic carbocycles. The summed E-state index contributed by atoms with van der Waals surface area (Å²) in [6, 6.07) is 15.0. The average Bonchev–Trinajstić information content (AvgIpc) is 3.10. The standard InChI is InChI=1S/C23H27NO8S/c1-17-8-10-20(11-9-17)33(27,28)32-15-19-12-21(23(26)24(19)13-22(25)29-2)31-16-30-14-18-6-4-3-5-7-18/h3-11,19,21H,12-16H2,1-2H3/t19-,21-/m0/s1. The van der Waals surface area contributed by atoms with Crippen LogP contribution in [-0.4, -0.2) is 64.4 Å². The van der Waals surface area contributed by atoms with Crippen LogP contribution < -0.4 is 0 Å². The van der Waals surface area contributed by atoms with Gasteiger partial charge in [-0.15, -0.1) is 0 Å². The van der Waals surface area contributed by atoms with Gasteiger partial charge in [0.1, 0.15) is 19.4 Å². The third kappa shape index (κ3) is 6.84. The molecule has 1 heterocycles. The van der Waals surface area contributed by atoms with Crippen LogP contribution in [0.25, 0.3) is 0 Å². The second-order valence-electron chi connectivity index (χ2n) is 7.59. The first-order valence-electron chi connectivity index (χ1n) is 10.4. The molecule has 1 aliphatic rings. The van der Waals surface area contributed by atoms with Crippen LogP contribution >= 0.6 is 0 Å². The number of aryl methyl sites for hydroxylation is 1. The summed E-state index contributed by atoms with van der Waals surface area (Å²) in [4.78, 5) is 25.8. The number of rotatable bonds is 11.